The van der Waals surface area contributed by atoms with E-state index in [9.17, 15) is 13.6 Å². The molecule has 2 aromatic carbocycles. The lowest BCUT2D eigenvalue weighted by Gasteiger charge is -2.36. The fraction of sp³-hybridized carbons (Fsp3) is 0.500. The number of likely N-dealkylation sites (tertiary alicyclic amines) is 1. The van der Waals surface area contributed by atoms with Gasteiger partial charge in [-0.2, -0.15) is 0 Å². The summed E-state index contributed by atoms with van der Waals surface area (Å²) in [5, 5.41) is 0. The number of amides is 1. The Bertz CT molecular complexity index is 852. The molecule has 168 valence electrons. The molecule has 3 rings (SSSR count). The molecule has 1 amide bonds. The molecule has 0 aromatic heterocycles. The highest BCUT2D eigenvalue weighted by molar-refractivity contribution is 5.76. The van der Waals surface area contributed by atoms with E-state index < -0.39 is 11.6 Å². The molecule has 0 radical (unpaired) electrons. The number of halogens is 2. The summed E-state index contributed by atoms with van der Waals surface area (Å²) in [6.45, 7) is 9.46. The van der Waals surface area contributed by atoms with Crippen molar-refractivity contribution in [3.05, 3.63) is 70.3 Å². The van der Waals surface area contributed by atoms with Crippen molar-refractivity contribution in [2.24, 2.45) is 0 Å². The summed E-state index contributed by atoms with van der Waals surface area (Å²) < 4.78 is 28.1. The van der Waals surface area contributed by atoms with Gasteiger partial charge in [0.15, 0.2) is 0 Å². The zero-order chi connectivity index (χ0) is 22.4. The molecular weight excluding hydrogens is 394 g/mol. The van der Waals surface area contributed by atoms with Gasteiger partial charge in [-0.3, -0.25) is 4.79 Å². The summed E-state index contributed by atoms with van der Waals surface area (Å²) >= 11 is 0. The lowest BCUT2D eigenvalue weighted by atomic mass is 9.93. The van der Waals surface area contributed by atoms with Gasteiger partial charge >= 0.3 is 0 Å². The number of carbonyl (C=O) groups excluding carboxylic acids is 1. The minimum Gasteiger partial charge on any atom is -0.334 e. The molecule has 3 nitrogen and oxygen atoms in total. The summed E-state index contributed by atoms with van der Waals surface area (Å²) in [5.74, 6) is -0.950. The van der Waals surface area contributed by atoms with E-state index in [0.717, 1.165) is 19.6 Å². The van der Waals surface area contributed by atoms with E-state index in [4.69, 9.17) is 0 Å². The maximum Gasteiger partial charge on any atom is 0.222 e. The van der Waals surface area contributed by atoms with Gasteiger partial charge in [0.25, 0.3) is 0 Å². The van der Waals surface area contributed by atoms with Gasteiger partial charge in [-0.15, -0.1) is 0 Å². The van der Waals surface area contributed by atoms with Crippen molar-refractivity contribution in [1.82, 2.24) is 9.80 Å². The van der Waals surface area contributed by atoms with Crippen molar-refractivity contribution in [2.45, 2.75) is 58.9 Å². The van der Waals surface area contributed by atoms with E-state index in [1.165, 1.54) is 47.7 Å². The van der Waals surface area contributed by atoms with Gasteiger partial charge in [0.1, 0.15) is 11.6 Å². The maximum atomic E-state index is 14.1. The van der Waals surface area contributed by atoms with E-state index in [2.05, 4.69) is 30.9 Å². The largest absolute Gasteiger partial charge is 0.334 e. The standard InChI is InChI=1S/C26H34F2N2O/c1-4-25(31)30(17-9-12-21-22(27)13-8-14-23(21)28)24(18-29-15-5-6-16-29)26-19(2)10-7-11-20(26)3/h7-8,10-11,13-14,24H,4-6,9,12,15-18H2,1-3H3. The molecule has 0 saturated carbocycles. The number of benzene rings is 2. The molecule has 0 aliphatic carbocycles. The molecule has 1 aliphatic heterocycles. The van der Waals surface area contributed by atoms with Crippen molar-refractivity contribution < 1.29 is 13.6 Å². The molecule has 0 bridgehead atoms. The molecule has 1 aliphatic rings. The Labute approximate surface area is 185 Å². The van der Waals surface area contributed by atoms with Crippen LogP contribution in [0.4, 0.5) is 8.78 Å². The lowest BCUT2D eigenvalue weighted by Crippen LogP contribution is -2.42. The summed E-state index contributed by atoms with van der Waals surface area (Å²) in [6.07, 6.45) is 3.58. The third kappa shape index (κ3) is 5.70. The van der Waals surface area contributed by atoms with Gasteiger partial charge in [0.2, 0.25) is 5.91 Å². The first-order valence-electron chi connectivity index (χ1n) is 11.4. The number of rotatable bonds is 9. The van der Waals surface area contributed by atoms with Gasteiger partial charge in [0.05, 0.1) is 6.04 Å². The molecule has 1 fully saturated rings. The Morgan fingerprint density at radius 3 is 2.19 bits per heavy atom. The smallest absolute Gasteiger partial charge is 0.222 e. The van der Waals surface area contributed by atoms with Crippen molar-refractivity contribution >= 4 is 5.91 Å². The molecule has 0 N–H and O–H groups in total. The normalized spacial score (nSPS) is 15.3. The molecule has 5 heteroatoms. The molecule has 0 spiro atoms. The quantitative estimate of drug-likeness (QED) is 0.520. The maximum absolute atomic E-state index is 14.1. The fourth-order valence-corrected chi connectivity index (χ4v) is 4.76. The Hall–Kier alpha value is -2.27. The SMILES string of the molecule is CCC(=O)N(CCCc1c(F)cccc1F)C(CN1CCCC1)c1c(C)cccc1C. The van der Waals surface area contributed by atoms with Gasteiger partial charge in [-0.1, -0.05) is 31.2 Å². The van der Waals surface area contributed by atoms with Crippen LogP contribution < -0.4 is 0 Å². The second-order valence-electron chi connectivity index (χ2n) is 8.57. The molecular formula is C26H34F2N2O. The van der Waals surface area contributed by atoms with Crippen LogP contribution in [0.2, 0.25) is 0 Å². The van der Waals surface area contributed by atoms with E-state index in [1.807, 2.05) is 17.9 Å². The van der Waals surface area contributed by atoms with E-state index in [0.29, 0.717) is 19.4 Å². The zero-order valence-electron chi connectivity index (χ0n) is 19.0. The molecule has 31 heavy (non-hydrogen) atoms. The Morgan fingerprint density at radius 2 is 1.61 bits per heavy atom. The second kappa shape index (κ2) is 10.9. The number of carbonyl (C=O) groups is 1. The first kappa shape index (κ1) is 23.4. The molecule has 1 heterocycles. The van der Waals surface area contributed by atoms with Gasteiger partial charge in [0, 0.05) is 25.1 Å². The average molecular weight is 429 g/mol. The summed E-state index contributed by atoms with van der Waals surface area (Å²) in [5.41, 5.74) is 3.67. The Morgan fingerprint density at radius 1 is 1.03 bits per heavy atom. The number of nitrogens with zero attached hydrogens (tertiary/aromatic N) is 2. The monoisotopic (exact) mass is 428 g/mol. The van der Waals surface area contributed by atoms with E-state index in [1.54, 1.807) is 0 Å². The first-order valence-corrected chi connectivity index (χ1v) is 11.4. The van der Waals surface area contributed by atoms with Crippen LogP contribution in [0, 0.1) is 25.5 Å². The number of hydrogen-bond donors (Lipinski definition) is 0. The molecule has 1 saturated heterocycles. The van der Waals surface area contributed by atoms with Crippen LogP contribution >= 0.6 is 0 Å². The summed E-state index contributed by atoms with van der Waals surface area (Å²) in [7, 11) is 0. The highest BCUT2D eigenvalue weighted by Crippen LogP contribution is 2.30. The number of hydrogen-bond acceptors (Lipinski definition) is 2. The van der Waals surface area contributed by atoms with E-state index >= 15 is 0 Å². The lowest BCUT2D eigenvalue weighted by molar-refractivity contribution is -0.133. The molecule has 1 unspecified atom stereocenters. The van der Waals surface area contributed by atoms with Gasteiger partial charge < -0.3 is 9.80 Å². The van der Waals surface area contributed by atoms with Crippen LogP contribution in [0.15, 0.2) is 36.4 Å². The van der Waals surface area contributed by atoms with Crippen LogP contribution in [-0.4, -0.2) is 41.9 Å². The summed E-state index contributed by atoms with van der Waals surface area (Å²) in [4.78, 5) is 17.4. The zero-order valence-corrected chi connectivity index (χ0v) is 19.0. The molecule has 1 atom stereocenters. The predicted octanol–water partition coefficient (Wildman–Crippen LogP) is 5.59. The van der Waals surface area contributed by atoms with Crippen molar-refractivity contribution in [3.8, 4) is 0 Å². The van der Waals surface area contributed by atoms with Crippen molar-refractivity contribution in [1.29, 1.82) is 0 Å². The van der Waals surface area contributed by atoms with Crippen LogP contribution in [0.5, 0.6) is 0 Å². The van der Waals surface area contributed by atoms with Gasteiger partial charge in [-0.25, -0.2) is 8.78 Å². The van der Waals surface area contributed by atoms with Crippen molar-refractivity contribution in [2.75, 3.05) is 26.2 Å². The first-order chi connectivity index (χ1) is 14.9. The molecule has 2 aromatic rings. The van der Waals surface area contributed by atoms with Gasteiger partial charge in [-0.05, 0) is 81.4 Å². The Kier molecular flexibility index (Phi) is 8.19. The average Bonchev–Trinajstić information content (AvgIpc) is 3.25. The van der Waals surface area contributed by atoms with Crippen LogP contribution in [0.3, 0.4) is 0 Å². The third-order valence-corrected chi connectivity index (χ3v) is 6.39. The predicted molar refractivity (Wildman–Crippen MR) is 121 cm³/mol. The fourth-order valence-electron chi connectivity index (χ4n) is 4.76. The van der Waals surface area contributed by atoms with E-state index in [-0.39, 0.29) is 23.9 Å². The van der Waals surface area contributed by atoms with Crippen LogP contribution in [0.1, 0.15) is 60.9 Å². The van der Waals surface area contributed by atoms with Crippen LogP contribution in [0.25, 0.3) is 0 Å². The highest BCUT2D eigenvalue weighted by atomic mass is 19.1. The topological polar surface area (TPSA) is 23.6 Å². The summed E-state index contributed by atoms with van der Waals surface area (Å²) in [6, 6.07) is 10.2. The van der Waals surface area contributed by atoms with Crippen molar-refractivity contribution in [3.63, 3.8) is 0 Å². The van der Waals surface area contributed by atoms with Crippen LogP contribution in [-0.2, 0) is 11.2 Å². The third-order valence-electron chi connectivity index (χ3n) is 6.39. The highest BCUT2D eigenvalue weighted by Gasteiger charge is 2.29. The minimum absolute atomic E-state index is 0.0581. The second-order valence-corrected chi connectivity index (χ2v) is 8.57. The Balaban J connectivity index is 1.86. The number of aryl methyl sites for hydroxylation is 2. The minimum atomic E-state index is -0.517.